The smallest absolute Gasteiger partial charge is 0.255 e. The fraction of sp³-hybridized carbons (Fsp3) is 0.233. The summed E-state index contributed by atoms with van der Waals surface area (Å²) in [4.78, 5) is 31.6. The molecule has 2 heterocycles. The van der Waals surface area contributed by atoms with E-state index in [2.05, 4.69) is 15.6 Å². The quantitative estimate of drug-likeness (QED) is 0.495. The van der Waals surface area contributed by atoms with Gasteiger partial charge in [0.25, 0.3) is 5.91 Å². The Labute approximate surface area is 216 Å². The fourth-order valence-corrected chi connectivity index (χ4v) is 5.20. The summed E-state index contributed by atoms with van der Waals surface area (Å²) in [5.41, 5.74) is 4.68. The van der Waals surface area contributed by atoms with Gasteiger partial charge in [0.1, 0.15) is 17.3 Å². The number of Topliss-reactive ketones (excluding diaryl/α,β-unsaturated/α-hetero) is 1. The number of pyridine rings is 1. The molecule has 7 nitrogen and oxygen atoms in total. The van der Waals surface area contributed by atoms with Gasteiger partial charge < -0.3 is 20.1 Å². The van der Waals surface area contributed by atoms with E-state index in [1.807, 2.05) is 61.5 Å². The first-order valence-electron chi connectivity index (χ1n) is 12.2. The van der Waals surface area contributed by atoms with Crippen molar-refractivity contribution in [2.75, 3.05) is 19.5 Å². The highest BCUT2D eigenvalue weighted by Crippen LogP contribution is 2.46. The van der Waals surface area contributed by atoms with Crippen LogP contribution in [0.1, 0.15) is 42.7 Å². The summed E-state index contributed by atoms with van der Waals surface area (Å²) >= 11 is 0. The van der Waals surface area contributed by atoms with E-state index in [9.17, 15) is 9.59 Å². The van der Waals surface area contributed by atoms with E-state index in [1.54, 1.807) is 32.5 Å². The van der Waals surface area contributed by atoms with Crippen molar-refractivity contribution in [3.8, 4) is 11.5 Å². The first-order chi connectivity index (χ1) is 18.0. The molecule has 7 heteroatoms. The lowest BCUT2D eigenvalue weighted by atomic mass is 9.71. The number of hydrogen-bond acceptors (Lipinski definition) is 6. The number of aromatic nitrogens is 1. The fourth-order valence-electron chi connectivity index (χ4n) is 5.20. The zero-order valence-electron chi connectivity index (χ0n) is 21.1. The molecule has 1 aromatic heterocycles. The minimum atomic E-state index is -0.504. The van der Waals surface area contributed by atoms with Gasteiger partial charge >= 0.3 is 0 Å². The number of methoxy groups -OCH3 is 2. The van der Waals surface area contributed by atoms with E-state index in [1.165, 1.54) is 0 Å². The van der Waals surface area contributed by atoms with E-state index < -0.39 is 5.92 Å². The van der Waals surface area contributed by atoms with Crippen molar-refractivity contribution in [2.24, 2.45) is 0 Å². The number of carbonyl (C=O) groups is 2. The van der Waals surface area contributed by atoms with Crippen molar-refractivity contribution in [3.63, 3.8) is 0 Å². The van der Waals surface area contributed by atoms with Gasteiger partial charge in [0.15, 0.2) is 5.78 Å². The molecular weight excluding hydrogens is 466 g/mol. The van der Waals surface area contributed by atoms with Crippen molar-refractivity contribution < 1.29 is 19.1 Å². The van der Waals surface area contributed by atoms with Gasteiger partial charge in [-0.05, 0) is 66.8 Å². The SMILES string of the molecule is COc1ccc(C2CC(=O)C3=C(C2)NC(C)=C(C(=O)Nc2ccccn2)C3c2ccc(OC)cc2)cc1. The predicted octanol–water partition coefficient (Wildman–Crippen LogP) is 5.10. The maximum absolute atomic E-state index is 13.8. The number of benzene rings is 2. The second-order valence-corrected chi connectivity index (χ2v) is 9.23. The van der Waals surface area contributed by atoms with Gasteiger partial charge in [-0.25, -0.2) is 4.98 Å². The van der Waals surface area contributed by atoms with E-state index in [4.69, 9.17) is 9.47 Å². The van der Waals surface area contributed by atoms with E-state index in [-0.39, 0.29) is 17.6 Å². The average Bonchev–Trinajstić information content (AvgIpc) is 2.92. The third kappa shape index (κ3) is 4.85. The van der Waals surface area contributed by atoms with Crippen LogP contribution in [0.4, 0.5) is 5.82 Å². The zero-order valence-corrected chi connectivity index (χ0v) is 21.1. The van der Waals surface area contributed by atoms with E-state index >= 15 is 0 Å². The molecule has 1 aliphatic heterocycles. The summed E-state index contributed by atoms with van der Waals surface area (Å²) in [5.74, 6) is 1.22. The number of anilines is 1. The molecule has 37 heavy (non-hydrogen) atoms. The van der Waals surface area contributed by atoms with Gasteiger partial charge in [0.05, 0.1) is 14.2 Å². The maximum Gasteiger partial charge on any atom is 0.255 e. The van der Waals surface area contributed by atoms with Crippen LogP contribution >= 0.6 is 0 Å². The Hall–Kier alpha value is -4.39. The Morgan fingerprint density at radius 3 is 2.16 bits per heavy atom. The topological polar surface area (TPSA) is 89.5 Å². The van der Waals surface area contributed by atoms with Gasteiger partial charge in [-0.1, -0.05) is 30.3 Å². The van der Waals surface area contributed by atoms with Crippen LogP contribution in [-0.2, 0) is 9.59 Å². The lowest BCUT2D eigenvalue weighted by Gasteiger charge is -2.37. The summed E-state index contributed by atoms with van der Waals surface area (Å²) in [5, 5.41) is 6.32. The highest BCUT2D eigenvalue weighted by molar-refractivity contribution is 6.09. The highest BCUT2D eigenvalue weighted by atomic mass is 16.5. The van der Waals surface area contributed by atoms with Crippen LogP contribution in [0.15, 0.2) is 95.5 Å². The molecule has 2 N–H and O–H groups in total. The summed E-state index contributed by atoms with van der Waals surface area (Å²) in [6.45, 7) is 1.88. The predicted molar refractivity (Wildman–Crippen MR) is 141 cm³/mol. The molecular formula is C30H29N3O4. The lowest BCUT2D eigenvalue weighted by Crippen LogP contribution is -2.37. The zero-order chi connectivity index (χ0) is 25.9. The third-order valence-corrected chi connectivity index (χ3v) is 7.02. The lowest BCUT2D eigenvalue weighted by molar-refractivity contribution is -0.116. The van der Waals surface area contributed by atoms with Crippen molar-refractivity contribution >= 4 is 17.5 Å². The monoisotopic (exact) mass is 495 g/mol. The minimum absolute atomic E-state index is 0.0334. The number of rotatable bonds is 6. The van der Waals surface area contributed by atoms with Crippen molar-refractivity contribution in [1.29, 1.82) is 0 Å². The number of allylic oxidation sites excluding steroid dienone is 3. The number of nitrogens with zero attached hydrogens (tertiary/aromatic N) is 1. The summed E-state index contributed by atoms with van der Waals surface area (Å²) in [6.07, 6.45) is 2.67. The van der Waals surface area contributed by atoms with Crippen LogP contribution in [0.2, 0.25) is 0 Å². The molecule has 188 valence electrons. The summed E-state index contributed by atoms with van der Waals surface area (Å²) in [7, 11) is 3.25. The standard InChI is InChI=1S/C30H29N3O4/c1-18-27(30(35)33-26-6-4-5-15-31-26)28(20-9-13-23(37-3)14-10-20)29-24(32-18)16-21(17-25(29)34)19-7-11-22(36-2)12-8-19/h4-15,21,28,32H,16-17H2,1-3H3,(H,31,33,35). The van der Waals surface area contributed by atoms with E-state index in [0.717, 1.165) is 28.3 Å². The molecule has 0 spiro atoms. The Morgan fingerprint density at radius 2 is 1.57 bits per heavy atom. The van der Waals surface area contributed by atoms with Gasteiger partial charge in [0.2, 0.25) is 0 Å². The van der Waals surface area contributed by atoms with Crippen LogP contribution in [0.3, 0.4) is 0 Å². The third-order valence-electron chi connectivity index (χ3n) is 7.02. The van der Waals surface area contributed by atoms with Crippen molar-refractivity contribution in [3.05, 3.63) is 107 Å². The van der Waals surface area contributed by atoms with Crippen LogP contribution in [0.5, 0.6) is 11.5 Å². The minimum Gasteiger partial charge on any atom is -0.497 e. The molecule has 0 saturated heterocycles. The molecule has 2 atom stereocenters. The molecule has 2 aliphatic rings. The van der Waals surface area contributed by atoms with Crippen molar-refractivity contribution in [2.45, 2.75) is 31.6 Å². The number of amides is 1. The largest absolute Gasteiger partial charge is 0.497 e. The molecule has 0 fully saturated rings. The second kappa shape index (κ2) is 10.3. The molecule has 2 aromatic carbocycles. The van der Waals surface area contributed by atoms with Crippen LogP contribution in [0, 0.1) is 0 Å². The highest BCUT2D eigenvalue weighted by Gasteiger charge is 2.41. The average molecular weight is 496 g/mol. The Bertz CT molecular complexity index is 1380. The van der Waals surface area contributed by atoms with E-state index in [0.29, 0.717) is 35.6 Å². The number of carbonyl (C=O) groups excluding carboxylic acids is 2. The number of hydrogen-bond donors (Lipinski definition) is 2. The maximum atomic E-state index is 13.8. The molecule has 2 unspecified atom stereocenters. The summed E-state index contributed by atoms with van der Waals surface area (Å²) < 4.78 is 10.6. The van der Waals surface area contributed by atoms with Gasteiger partial charge in [-0.15, -0.1) is 0 Å². The number of dihydropyridines is 1. The van der Waals surface area contributed by atoms with Crippen molar-refractivity contribution in [1.82, 2.24) is 10.3 Å². The van der Waals surface area contributed by atoms with Gasteiger partial charge in [-0.3, -0.25) is 9.59 Å². The van der Waals surface area contributed by atoms with Crippen LogP contribution in [-0.4, -0.2) is 30.9 Å². The number of ether oxygens (including phenoxy) is 2. The molecule has 0 radical (unpaired) electrons. The molecule has 1 aliphatic carbocycles. The Morgan fingerprint density at radius 1 is 0.919 bits per heavy atom. The number of ketones is 1. The molecule has 3 aromatic rings. The van der Waals surface area contributed by atoms with Crippen LogP contribution in [0.25, 0.3) is 0 Å². The van der Waals surface area contributed by atoms with Crippen LogP contribution < -0.4 is 20.1 Å². The van der Waals surface area contributed by atoms with Gasteiger partial charge in [0, 0.05) is 41.1 Å². The first kappa shape index (κ1) is 24.3. The van der Waals surface area contributed by atoms with Gasteiger partial charge in [-0.2, -0.15) is 0 Å². The normalized spacial score (nSPS) is 19.2. The number of nitrogens with one attached hydrogen (secondary N) is 2. The summed E-state index contributed by atoms with van der Waals surface area (Å²) in [6, 6.07) is 20.8. The Balaban J connectivity index is 1.54. The Kier molecular flexibility index (Phi) is 6.77. The molecule has 5 rings (SSSR count). The molecule has 0 bridgehead atoms. The molecule has 1 amide bonds. The molecule has 0 saturated carbocycles. The first-order valence-corrected chi connectivity index (χ1v) is 12.2. The second-order valence-electron chi connectivity index (χ2n) is 9.23.